The Morgan fingerprint density at radius 2 is 2.04 bits per heavy atom. The Morgan fingerprint density at radius 3 is 2.71 bits per heavy atom. The fourth-order valence-electron chi connectivity index (χ4n) is 2.99. The molecule has 1 fully saturated rings. The second kappa shape index (κ2) is 9.46. The third-order valence-corrected chi connectivity index (χ3v) is 4.84. The van der Waals surface area contributed by atoms with Gasteiger partial charge in [-0.05, 0) is 42.3 Å². The lowest BCUT2D eigenvalue weighted by Gasteiger charge is -2.19. The van der Waals surface area contributed by atoms with Gasteiger partial charge in [0.05, 0.1) is 6.54 Å². The fourth-order valence-corrected chi connectivity index (χ4v) is 3.17. The van der Waals surface area contributed by atoms with Crippen LogP contribution in [0, 0.1) is 0 Å². The standard InChI is InChI=1S/C21H24ClN3O3/c1-24(12-13-28-19-5-2-4-17(22)14-19)21(27)23-15-16-7-9-18(10-8-16)25-11-3-6-20(25)26/h2,4-5,7-10,14H,3,6,11-13,15H2,1H3,(H,23,27). The third kappa shape index (κ3) is 5.39. The molecule has 6 nitrogen and oxygen atoms in total. The second-order valence-corrected chi connectivity index (χ2v) is 7.14. The molecule has 0 aliphatic carbocycles. The maximum absolute atomic E-state index is 12.2. The zero-order valence-electron chi connectivity index (χ0n) is 15.9. The maximum Gasteiger partial charge on any atom is 0.317 e. The Balaban J connectivity index is 1.41. The quantitative estimate of drug-likeness (QED) is 0.769. The van der Waals surface area contributed by atoms with Gasteiger partial charge in [-0.1, -0.05) is 29.8 Å². The lowest BCUT2D eigenvalue weighted by molar-refractivity contribution is -0.117. The largest absolute Gasteiger partial charge is 0.492 e. The molecule has 1 N–H and O–H groups in total. The Hall–Kier alpha value is -2.73. The van der Waals surface area contributed by atoms with Crippen LogP contribution in [0.3, 0.4) is 0 Å². The molecule has 28 heavy (non-hydrogen) atoms. The highest BCUT2D eigenvalue weighted by molar-refractivity contribution is 6.30. The number of urea groups is 1. The first-order chi connectivity index (χ1) is 13.5. The first-order valence-electron chi connectivity index (χ1n) is 9.29. The summed E-state index contributed by atoms with van der Waals surface area (Å²) in [6.07, 6.45) is 1.52. The lowest BCUT2D eigenvalue weighted by atomic mass is 10.2. The minimum atomic E-state index is -0.173. The fraction of sp³-hybridized carbons (Fsp3) is 0.333. The molecule has 1 aliphatic heterocycles. The molecule has 0 saturated carbocycles. The summed E-state index contributed by atoms with van der Waals surface area (Å²) in [5.41, 5.74) is 1.89. The van der Waals surface area contributed by atoms with E-state index in [0.717, 1.165) is 24.2 Å². The number of anilines is 1. The van der Waals surface area contributed by atoms with E-state index in [9.17, 15) is 9.59 Å². The van der Waals surface area contributed by atoms with Crippen LogP contribution < -0.4 is 15.0 Å². The first-order valence-corrected chi connectivity index (χ1v) is 9.67. The second-order valence-electron chi connectivity index (χ2n) is 6.70. The van der Waals surface area contributed by atoms with Crippen molar-refractivity contribution in [1.29, 1.82) is 0 Å². The number of amides is 3. The van der Waals surface area contributed by atoms with Gasteiger partial charge in [0.1, 0.15) is 12.4 Å². The zero-order valence-corrected chi connectivity index (χ0v) is 16.6. The predicted octanol–water partition coefficient (Wildman–Crippen LogP) is 3.69. The number of halogens is 1. The van der Waals surface area contributed by atoms with Crippen LogP contribution in [0.4, 0.5) is 10.5 Å². The highest BCUT2D eigenvalue weighted by Gasteiger charge is 2.21. The van der Waals surface area contributed by atoms with Crippen LogP contribution in [0.25, 0.3) is 0 Å². The highest BCUT2D eigenvalue weighted by Crippen LogP contribution is 2.21. The first kappa shape index (κ1) is 20.0. The van der Waals surface area contributed by atoms with Gasteiger partial charge in [-0.3, -0.25) is 4.79 Å². The summed E-state index contributed by atoms with van der Waals surface area (Å²) in [5, 5.41) is 3.50. The van der Waals surface area contributed by atoms with Crippen molar-refractivity contribution in [3.8, 4) is 5.75 Å². The normalized spacial score (nSPS) is 13.5. The zero-order chi connectivity index (χ0) is 19.9. The van der Waals surface area contributed by atoms with E-state index in [-0.39, 0.29) is 11.9 Å². The average Bonchev–Trinajstić information content (AvgIpc) is 3.12. The van der Waals surface area contributed by atoms with E-state index in [1.54, 1.807) is 29.0 Å². The van der Waals surface area contributed by atoms with E-state index < -0.39 is 0 Å². The summed E-state index contributed by atoms with van der Waals surface area (Å²) >= 11 is 5.92. The summed E-state index contributed by atoms with van der Waals surface area (Å²) in [6, 6.07) is 14.7. The summed E-state index contributed by atoms with van der Waals surface area (Å²) < 4.78 is 5.60. The molecule has 1 aliphatic rings. The Labute approximate surface area is 170 Å². The van der Waals surface area contributed by atoms with Gasteiger partial charge in [-0.25, -0.2) is 4.79 Å². The van der Waals surface area contributed by atoms with Crippen LogP contribution in [-0.4, -0.2) is 43.6 Å². The molecule has 2 aromatic rings. The minimum Gasteiger partial charge on any atom is -0.492 e. The van der Waals surface area contributed by atoms with Crippen molar-refractivity contribution in [3.63, 3.8) is 0 Å². The molecular formula is C21H24ClN3O3. The summed E-state index contributed by atoms with van der Waals surface area (Å²) in [4.78, 5) is 27.4. The number of nitrogens with one attached hydrogen (secondary N) is 1. The minimum absolute atomic E-state index is 0.169. The van der Waals surface area contributed by atoms with Gasteiger partial charge in [0, 0.05) is 37.3 Å². The van der Waals surface area contributed by atoms with Crippen molar-refractivity contribution in [2.75, 3.05) is 31.6 Å². The van der Waals surface area contributed by atoms with Gasteiger partial charge in [-0.2, -0.15) is 0 Å². The number of likely N-dealkylation sites (N-methyl/N-ethyl adjacent to an activating group) is 1. The molecule has 0 radical (unpaired) electrons. The third-order valence-electron chi connectivity index (χ3n) is 4.60. The van der Waals surface area contributed by atoms with Crippen molar-refractivity contribution in [1.82, 2.24) is 10.2 Å². The molecule has 0 spiro atoms. The highest BCUT2D eigenvalue weighted by atomic mass is 35.5. The van der Waals surface area contributed by atoms with Gasteiger partial charge >= 0.3 is 6.03 Å². The van der Waals surface area contributed by atoms with Crippen LogP contribution >= 0.6 is 11.6 Å². The number of carbonyl (C=O) groups excluding carboxylic acids is 2. The number of hydrogen-bond donors (Lipinski definition) is 1. The number of ether oxygens (including phenoxy) is 1. The van der Waals surface area contributed by atoms with E-state index >= 15 is 0 Å². The van der Waals surface area contributed by atoms with Crippen LogP contribution in [0.15, 0.2) is 48.5 Å². The van der Waals surface area contributed by atoms with Crippen LogP contribution in [0.5, 0.6) is 5.75 Å². The smallest absolute Gasteiger partial charge is 0.317 e. The Kier molecular flexibility index (Phi) is 6.76. The van der Waals surface area contributed by atoms with Crippen molar-refractivity contribution in [2.45, 2.75) is 19.4 Å². The van der Waals surface area contributed by atoms with Gasteiger partial charge in [0.25, 0.3) is 0 Å². The van der Waals surface area contributed by atoms with E-state index in [1.807, 2.05) is 36.4 Å². The number of carbonyl (C=O) groups is 2. The van der Waals surface area contributed by atoms with Gasteiger partial charge < -0.3 is 19.9 Å². The number of benzene rings is 2. The maximum atomic E-state index is 12.2. The molecular weight excluding hydrogens is 378 g/mol. The van der Waals surface area contributed by atoms with Gasteiger partial charge in [-0.15, -0.1) is 0 Å². The molecule has 0 atom stereocenters. The van der Waals surface area contributed by atoms with Crippen molar-refractivity contribution in [2.24, 2.45) is 0 Å². The average molecular weight is 402 g/mol. The van der Waals surface area contributed by atoms with Crippen LogP contribution in [0.2, 0.25) is 5.02 Å². The SMILES string of the molecule is CN(CCOc1cccc(Cl)c1)C(=O)NCc1ccc(N2CCCC2=O)cc1. The molecule has 7 heteroatoms. The van der Waals surface area contributed by atoms with Crippen molar-refractivity contribution >= 4 is 29.2 Å². The molecule has 0 unspecified atom stereocenters. The number of hydrogen-bond acceptors (Lipinski definition) is 3. The van der Waals surface area contributed by atoms with Crippen LogP contribution in [0.1, 0.15) is 18.4 Å². The molecule has 0 aromatic heterocycles. The monoisotopic (exact) mass is 401 g/mol. The van der Waals surface area contributed by atoms with E-state index in [4.69, 9.17) is 16.3 Å². The number of nitrogens with zero attached hydrogens (tertiary/aromatic N) is 2. The Bertz CT molecular complexity index is 826. The molecule has 2 aromatic carbocycles. The number of rotatable bonds is 7. The summed E-state index contributed by atoms with van der Waals surface area (Å²) in [7, 11) is 1.72. The molecule has 3 amide bonds. The molecule has 1 heterocycles. The van der Waals surface area contributed by atoms with Gasteiger partial charge in [0.15, 0.2) is 0 Å². The van der Waals surface area contributed by atoms with Gasteiger partial charge in [0.2, 0.25) is 5.91 Å². The summed E-state index contributed by atoms with van der Waals surface area (Å²) in [5.74, 6) is 0.848. The van der Waals surface area contributed by atoms with E-state index in [2.05, 4.69) is 5.32 Å². The molecule has 3 rings (SSSR count). The molecule has 1 saturated heterocycles. The van der Waals surface area contributed by atoms with Crippen molar-refractivity contribution < 1.29 is 14.3 Å². The van der Waals surface area contributed by atoms with E-state index in [0.29, 0.717) is 36.9 Å². The van der Waals surface area contributed by atoms with Crippen molar-refractivity contribution in [3.05, 3.63) is 59.1 Å². The Morgan fingerprint density at radius 1 is 1.25 bits per heavy atom. The van der Waals surface area contributed by atoms with E-state index in [1.165, 1.54) is 0 Å². The molecule has 148 valence electrons. The topological polar surface area (TPSA) is 61.9 Å². The van der Waals surface area contributed by atoms with Crippen LogP contribution in [-0.2, 0) is 11.3 Å². The predicted molar refractivity (Wildman–Crippen MR) is 110 cm³/mol. The molecule has 0 bridgehead atoms. The lowest BCUT2D eigenvalue weighted by Crippen LogP contribution is -2.39. The summed E-state index contributed by atoms with van der Waals surface area (Å²) in [6.45, 7) is 2.03.